The van der Waals surface area contributed by atoms with E-state index in [-0.39, 0.29) is 0 Å². The SMILES string of the molecule is C=CCNc1cccc2c1OCCC2. The van der Waals surface area contributed by atoms with E-state index in [1.165, 1.54) is 5.56 Å². The van der Waals surface area contributed by atoms with Gasteiger partial charge in [0.1, 0.15) is 5.75 Å². The summed E-state index contributed by atoms with van der Waals surface area (Å²) in [5, 5.41) is 3.28. The summed E-state index contributed by atoms with van der Waals surface area (Å²) in [5.41, 5.74) is 2.40. The van der Waals surface area contributed by atoms with Crippen LogP contribution in [0.5, 0.6) is 5.75 Å². The van der Waals surface area contributed by atoms with Crippen LogP contribution >= 0.6 is 0 Å². The van der Waals surface area contributed by atoms with Crippen LogP contribution in [0.2, 0.25) is 0 Å². The van der Waals surface area contributed by atoms with Crippen molar-refractivity contribution in [2.75, 3.05) is 18.5 Å². The molecule has 14 heavy (non-hydrogen) atoms. The number of anilines is 1. The lowest BCUT2D eigenvalue weighted by molar-refractivity contribution is 0.290. The van der Waals surface area contributed by atoms with Crippen LogP contribution in [-0.2, 0) is 6.42 Å². The highest BCUT2D eigenvalue weighted by atomic mass is 16.5. The standard InChI is InChI=1S/C12H15NO/c1-2-8-13-11-7-3-5-10-6-4-9-14-12(10)11/h2-3,5,7,13H,1,4,6,8-9H2. The summed E-state index contributed by atoms with van der Waals surface area (Å²) < 4.78 is 5.65. The zero-order valence-corrected chi connectivity index (χ0v) is 8.25. The van der Waals surface area contributed by atoms with Crippen LogP contribution in [0.25, 0.3) is 0 Å². The van der Waals surface area contributed by atoms with Gasteiger partial charge in [-0.05, 0) is 24.5 Å². The Labute approximate surface area is 84.6 Å². The van der Waals surface area contributed by atoms with Crippen molar-refractivity contribution < 1.29 is 4.74 Å². The van der Waals surface area contributed by atoms with Gasteiger partial charge in [0.15, 0.2) is 0 Å². The Balaban J connectivity index is 2.25. The molecule has 2 nitrogen and oxygen atoms in total. The first-order chi connectivity index (χ1) is 6.92. The summed E-state index contributed by atoms with van der Waals surface area (Å²) in [6, 6.07) is 6.25. The highest BCUT2D eigenvalue weighted by molar-refractivity contribution is 5.61. The first kappa shape index (κ1) is 9.13. The molecule has 0 saturated carbocycles. The molecule has 1 aromatic carbocycles. The molecule has 1 N–H and O–H groups in total. The number of rotatable bonds is 3. The summed E-state index contributed by atoms with van der Waals surface area (Å²) in [6.45, 7) is 5.30. The van der Waals surface area contributed by atoms with E-state index < -0.39 is 0 Å². The largest absolute Gasteiger partial charge is 0.491 e. The predicted molar refractivity (Wildman–Crippen MR) is 58.9 cm³/mol. The van der Waals surface area contributed by atoms with E-state index in [2.05, 4.69) is 24.0 Å². The monoisotopic (exact) mass is 189 g/mol. The van der Waals surface area contributed by atoms with Crippen molar-refractivity contribution in [2.24, 2.45) is 0 Å². The lowest BCUT2D eigenvalue weighted by Gasteiger charge is -2.20. The van der Waals surface area contributed by atoms with Crippen LogP contribution in [0.1, 0.15) is 12.0 Å². The second-order valence-corrected chi connectivity index (χ2v) is 3.42. The highest BCUT2D eigenvalue weighted by Crippen LogP contribution is 2.32. The Hall–Kier alpha value is -1.44. The molecule has 0 fully saturated rings. The van der Waals surface area contributed by atoms with Gasteiger partial charge in [-0.25, -0.2) is 0 Å². The van der Waals surface area contributed by atoms with E-state index in [1.807, 2.05) is 12.1 Å². The molecule has 1 aliphatic heterocycles. The lowest BCUT2D eigenvalue weighted by atomic mass is 10.1. The van der Waals surface area contributed by atoms with Crippen LogP contribution < -0.4 is 10.1 Å². The maximum absolute atomic E-state index is 5.65. The Bertz CT molecular complexity index is 333. The van der Waals surface area contributed by atoms with Crippen LogP contribution in [0.3, 0.4) is 0 Å². The molecule has 1 aromatic rings. The van der Waals surface area contributed by atoms with Gasteiger partial charge in [0.05, 0.1) is 12.3 Å². The van der Waals surface area contributed by atoms with E-state index in [1.54, 1.807) is 0 Å². The van der Waals surface area contributed by atoms with Gasteiger partial charge < -0.3 is 10.1 Å². The molecule has 74 valence electrons. The fourth-order valence-corrected chi connectivity index (χ4v) is 1.71. The van der Waals surface area contributed by atoms with Crippen molar-refractivity contribution in [3.8, 4) is 5.75 Å². The van der Waals surface area contributed by atoms with Gasteiger partial charge in [-0.15, -0.1) is 6.58 Å². The molecule has 0 aromatic heterocycles. The Morgan fingerprint density at radius 1 is 1.50 bits per heavy atom. The smallest absolute Gasteiger partial charge is 0.145 e. The van der Waals surface area contributed by atoms with Crippen molar-refractivity contribution >= 4 is 5.69 Å². The third-order valence-corrected chi connectivity index (χ3v) is 2.37. The molecule has 0 bridgehead atoms. The molecule has 1 heterocycles. The second-order valence-electron chi connectivity index (χ2n) is 3.42. The van der Waals surface area contributed by atoms with Crippen LogP contribution in [-0.4, -0.2) is 13.2 Å². The molecule has 0 aliphatic carbocycles. The quantitative estimate of drug-likeness (QED) is 0.738. The third-order valence-electron chi connectivity index (χ3n) is 2.37. The van der Waals surface area contributed by atoms with Crippen LogP contribution in [0.4, 0.5) is 5.69 Å². The minimum Gasteiger partial charge on any atom is -0.491 e. The predicted octanol–water partition coefficient (Wildman–Crippen LogP) is 2.61. The molecular weight excluding hydrogens is 174 g/mol. The van der Waals surface area contributed by atoms with Crippen molar-refractivity contribution in [1.29, 1.82) is 0 Å². The second kappa shape index (κ2) is 4.18. The van der Waals surface area contributed by atoms with Gasteiger partial charge in [-0.3, -0.25) is 0 Å². The zero-order valence-electron chi connectivity index (χ0n) is 8.25. The van der Waals surface area contributed by atoms with E-state index in [9.17, 15) is 0 Å². The lowest BCUT2D eigenvalue weighted by Crippen LogP contribution is -2.11. The minimum atomic E-state index is 0.778. The first-order valence-corrected chi connectivity index (χ1v) is 5.01. The number of para-hydroxylation sites is 1. The molecule has 2 heteroatoms. The maximum atomic E-state index is 5.65. The molecule has 0 atom stereocenters. The van der Waals surface area contributed by atoms with Gasteiger partial charge >= 0.3 is 0 Å². The highest BCUT2D eigenvalue weighted by Gasteiger charge is 2.13. The Morgan fingerprint density at radius 2 is 2.43 bits per heavy atom. The van der Waals surface area contributed by atoms with Gasteiger partial charge in [-0.2, -0.15) is 0 Å². The van der Waals surface area contributed by atoms with Gasteiger partial charge in [0, 0.05) is 6.54 Å². The average Bonchev–Trinajstić information content (AvgIpc) is 2.26. The molecule has 0 radical (unpaired) electrons. The van der Waals surface area contributed by atoms with E-state index >= 15 is 0 Å². The van der Waals surface area contributed by atoms with Crippen molar-refractivity contribution in [3.63, 3.8) is 0 Å². The Morgan fingerprint density at radius 3 is 3.29 bits per heavy atom. The maximum Gasteiger partial charge on any atom is 0.145 e. The summed E-state index contributed by atoms with van der Waals surface area (Å²) in [4.78, 5) is 0. The molecule has 0 unspecified atom stereocenters. The first-order valence-electron chi connectivity index (χ1n) is 5.01. The Kier molecular flexibility index (Phi) is 2.73. The van der Waals surface area contributed by atoms with Crippen molar-refractivity contribution in [1.82, 2.24) is 0 Å². The van der Waals surface area contributed by atoms with Gasteiger partial charge in [0.25, 0.3) is 0 Å². The fourth-order valence-electron chi connectivity index (χ4n) is 1.71. The minimum absolute atomic E-state index is 0.778. The normalized spacial score (nSPS) is 14.0. The molecular formula is C12H15NO. The summed E-state index contributed by atoms with van der Waals surface area (Å²) in [6.07, 6.45) is 4.10. The zero-order chi connectivity index (χ0) is 9.80. The van der Waals surface area contributed by atoms with Crippen LogP contribution in [0.15, 0.2) is 30.9 Å². The number of hydrogen-bond acceptors (Lipinski definition) is 2. The summed E-state index contributed by atoms with van der Waals surface area (Å²) >= 11 is 0. The number of aryl methyl sites for hydroxylation is 1. The topological polar surface area (TPSA) is 21.3 Å². The summed E-state index contributed by atoms with van der Waals surface area (Å²) in [5.74, 6) is 1.03. The molecule has 0 saturated heterocycles. The molecule has 2 rings (SSSR count). The molecule has 0 spiro atoms. The number of hydrogen-bond donors (Lipinski definition) is 1. The van der Waals surface area contributed by atoms with Crippen LogP contribution in [0, 0.1) is 0 Å². The fraction of sp³-hybridized carbons (Fsp3) is 0.333. The van der Waals surface area contributed by atoms with Crippen molar-refractivity contribution in [2.45, 2.75) is 12.8 Å². The summed E-state index contributed by atoms with van der Waals surface area (Å²) in [7, 11) is 0. The molecule has 0 amide bonds. The average molecular weight is 189 g/mol. The van der Waals surface area contributed by atoms with Gasteiger partial charge in [0.2, 0.25) is 0 Å². The van der Waals surface area contributed by atoms with E-state index in [0.29, 0.717) is 0 Å². The number of fused-ring (bicyclic) bond motifs is 1. The van der Waals surface area contributed by atoms with Crippen molar-refractivity contribution in [3.05, 3.63) is 36.4 Å². The number of nitrogens with one attached hydrogen (secondary N) is 1. The number of benzene rings is 1. The third kappa shape index (κ3) is 1.74. The van der Waals surface area contributed by atoms with E-state index in [4.69, 9.17) is 4.74 Å². The molecule has 1 aliphatic rings. The van der Waals surface area contributed by atoms with Gasteiger partial charge in [-0.1, -0.05) is 18.2 Å². The number of ether oxygens (including phenoxy) is 1. The van der Waals surface area contributed by atoms with E-state index in [0.717, 1.165) is 37.4 Å².